The molecule has 0 saturated carbocycles. The van der Waals surface area contributed by atoms with Crippen LogP contribution in [0.4, 0.5) is 14.5 Å². The molecule has 0 atom stereocenters. The summed E-state index contributed by atoms with van der Waals surface area (Å²) in [6, 6.07) is 5.47. The second-order valence-electron chi connectivity index (χ2n) is 5.29. The van der Waals surface area contributed by atoms with Crippen LogP contribution in [0.2, 0.25) is 0 Å². The predicted octanol–water partition coefficient (Wildman–Crippen LogP) is 2.63. The van der Waals surface area contributed by atoms with Gasteiger partial charge < -0.3 is 20.1 Å². The first kappa shape index (κ1) is 17.0. The Hall–Kier alpha value is -2.84. The molecule has 0 spiro atoms. The molecule has 2 heterocycles. The zero-order valence-electron chi connectivity index (χ0n) is 13.7. The zero-order chi connectivity index (χ0) is 17.6. The summed E-state index contributed by atoms with van der Waals surface area (Å²) in [5, 5.41) is 6.05. The van der Waals surface area contributed by atoms with Crippen LogP contribution >= 0.6 is 0 Å². The number of benzene rings is 1. The molecule has 2 N–H and O–H groups in total. The monoisotopic (exact) mass is 351 g/mol. The highest BCUT2D eigenvalue weighted by atomic mass is 19.3. The van der Waals surface area contributed by atoms with Crippen LogP contribution in [-0.4, -0.2) is 35.8 Å². The molecule has 0 bridgehead atoms. The Bertz CT molecular complexity index is 748. The Morgan fingerprint density at radius 2 is 2.12 bits per heavy atom. The lowest BCUT2D eigenvalue weighted by Crippen LogP contribution is -2.31. The van der Waals surface area contributed by atoms with Crippen molar-refractivity contribution in [2.45, 2.75) is 19.5 Å². The van der Waals surface area contributed by atoms with Crippen LogP contribution in [0.3, 0.4) is 0 Å². The van der Waals surface area contributed by atoms with Crippen molar-refractivity contribution >= 4 is 11.6 Å². The van der Waals surface area contributed by atoms with E-state index in [1.807, 2.05) is 18.2 Å². The molecular weight excluding hydrogens is 332 g/mol. The molecular formula is C16H19F2N5O2. The summed E-state index contributed by atoms with van der Waals surface area (Å²) < 4.78 is 37.7. The van der Waals surface area contributed by atoms with Crippen molar-refractivity contribution in [1.29, 1.82) is 0 Å². The first-order valence-electron chi connectivity index (χ1n) is 7.84. The molecule has 2 aromatic rings. The Balaban J connectivity index is 1.64. The highest BCUT2D eigenvalue weighted by molar-refractivity contribution is 5.93. The molecule has 0 saturated heterocycles. The molecule has 0 radical (unpaired) electrons. The van der Waals surface area contributed by atoms with Crippen molar-refractivity contribution in [1.82, 2.24) is 14.9 Å². The van der Waals surface area contributed by atoms with E-state index in [1.54, 1.807) is 7.05 Å². The van der Waals surface area contributed by atoms with Gasteiger partial charge in [0.25, 0.3) is 0 Å². The summed E-state index contributed by atoms with van der Waals surface area (Å²) in [5.41, 5.74) is 0.745. The standard InChI is InChI=1S/C16H19F2N5O2/c1-19-16(21-10-14-20-5-6-23(14)15(17)18)22-11-3-4-12-13(9-11)25-8-2-7-24-12/h3-6,9,15H,2,7-8,10H2,1H3,(H2,19,21,22). The number of ether oxygens (including phenoxy) is 2. The van der Waals surface area contributed by atoms with Crippen LogP contribution in [0.1, 0.15) is 18.8 Å². The molecule has 1 aromatic heterocycles. The zero-order valence-corrected chi connectivity index (χ0v) is 13.7. The number of imidazole rings is 1. The van der Waals surface area contributed by atoms with Crippen molar-refractivity contribution in [2.75, 3.05) is 25.6 Å². The summed E-state index contributed by atoms with van der Waals surface area (Å²) in [4.78, 5) is 8.01. The van der Waals surface area contributed by atoms with Gasteiger partial charge in [0, 0.05) is 37.6 Å². The van der Waals surface area contributed by atoms with Crippen molar-refractivity contribution < 1.29 is 18.3 Å². The summed E-state index contributed by atoms with van der Waals surface area (Å²) in [6.07, 6.45) is 3.41. The van der Waals surface area contributed by atoms with Gasteiger partial charge >= 0.3 is 6.55 Å². The lowest BCUT2D eigenvalue weighted by molar-refractivity contribution is 0.0668. The molecule has 0 fully saturated rings. The summed E-state index contributed by atoms with van der Waals surface area (Å²) in [5.74, 6) is 2.01. The van der Waals surface area contributed by atoms with Gasteiger partial charge in [-0.25, -0.2) is 4.98 Å². The van der Waals surface area contributed by atoms with Crippen molar-refractivity contribution in [2.24, 2.45) is 4.99 Å². The number of nitrogens with one attached hydrogen (secondary N) is 2. The first-order valence-corrected chi connectivity index (χ1v) is 7.84. The van der Waals surface area contributed by atoms with Gasteiger partial charge in [-0.05, 0) is 12.1 Å². The van der Waals surface area contributed by atoms with Crippen LogP contribution < -0.4 is 20.1 Å². The Labute approximate surface area is 143 Å². The van der Waals surface area contributed by atoms with Crippen LogP contribution in [0.15, 0.2) is 35.6 Å². The average molecular weight is 351 g/mol. The number of anilines is 1. The number of aromatic nitrogens is 2. The number of rotatable bonds is 4. The Morgan fingerprint density at radius 1 is 1.32 bits per heavy atom. The van der Waals surface area contributed by atoms with E-state index in [-0.39, 0.29) is 12.4 Å². The van der Waals surface area contributed by atoms with Gasteiger partial charge in [0.2, 0.25) is 0 Å². The number of guanidine groups is 1. The minimum absolute atomic E-state index is 0.113. The van der Waals surface area contributed by atoms with Crippen LogP contribution in [0, 0.1) is 0 Å². The van der Waals surface area contributed by atoms with Gasteiger partial charge in [0.15, 0.2) is 17.5 Å². The molecule has 1 aliphatic rings. The van der Waals surface area contributed by atoms with E-state index in [1.165, 1.54) is 12.4 Å². The average Bonchev–Trinajstić information content (AvgIpc) is 2.96. The van der Waals surface area contributed by atoms with E-state index in [0.29, 0.717) is 30.7 Å². The molecule has 9 heteroatoms. The molecule has 134 valence electrons. The third-order valence-corrected chi connectivity index (χ3v) is 3.61. The topological polar surface area (TPSA) is 72.7 Å². The van der Waals surface area contributed by atoms with E-state index < -0.39 is 6.55 Å². The number of fused-ring (bicyclic) bond motifs is 1. The minimum Gasteiger partial charge on any atom is -0.490 e. The lowest BCUT2D eigenvalue weighted by atomic mass is 10.3. The van der Waals surface area contributed by atoms with Crippen molar-refractivity contribution in [3.05, 3.63) is 36.4 Å². The Morgan fingerprint density at radius 3 is 2.88 bits per heavy atom. The highest BCUT2D eigenvalue weighted by Crippen LogP contribution is 2.32. The number of nitrogens with zero attached hydrogens (tertiary/aromatic N) is 3. The van der Waals surface area contributed by atoms with Crippen LogP contribution in [0.25, 0.3) is 0 Å². The molecule has 3 rings (SSSR count). The molecule has 1 aromatic carbocycles. The van der Waals surface area contributed by atoms with Gasteiger partial charge in [-0.15, -0.1) is 0 Å². The molecule has 0 aliphatic carbocycles. The summed E-state index contributed by atoms with van der Waals surface area (Å²) in [6.45, 7) is -1.29. The third kappa shape index (κ3) is 4.17. The number of halogens is 2. The van der Waals surface area contributed by atoms with E-state index in [2.05, 4.69) is 20.6 Å². The maximum absolute atomic E-state index is 12.8. The molecule has 25 heavy (non-hydrogen) atoms. The van der Waals surface area contributed by atoms with Gasteiger partial charge in [-0.2, -0.15) is 8.78 Å². The van der Waals surface area contributed by atoms with E-state index in [4.69, 9.17) is 9.47 Å². The second kappa shape index (κ2) is 7.82. The predicted molar refractivity (Wildman–Crippen MR) is 89.4 cm³/mol. The van der Waals surface area contributed by atoms with Gasteiger partial charge in [0.1, 0.15) is 5.82 Å². The fraction of sp³-hybridized carbons (Fsp3) is 0.375. The Kier molecular flexibility index (Phi) is 5.32. The fourth-order valence-electron chi connectivity index (χ4n) is 2.38. The minimum atomic E-state index is -2.63. The highest BCUT2D eigenvalue weighted by Gasteiger charge is 2.13. The first-order chi connectivity index (χ1) is 12.2. The molecule has 7 nitrogen and oxygen atoms in total. The smallest absolute Gasteiger partial charge is 0.319 e. The maximum atomic E-state index is 12.8. The third-order valence-electron chi connectivity index (χ3n) is 3.61. The second-order valence-corrected chi connectivity index (χ2v) is 5.29. The van der Waals surface area contributed by atoms with E-state index >= 15 is 0 Å². The molecule has 0 amide bonds. The maximum Gasteiger partial charge on any atom is 0.319 e. The largest absolute Gasteiger partial charge is 0.490 e. The number of hydrogen-bond donors (Lipinski definition) is 2. The normalized spacial score (nSPS) is 14.3. The van der Waals surface area contributed by atoms with Gasteiger partial charge in [-0.3, -0.25) is 9.56 Å². The van der Waals surface area contributed by atoms with Gasteiger partial charge in [0.05, 0.1) is 19.8 Å². The van der Waals surface area contributed by atoms with Gasteiger partial charge in [-0.1, -0.05) is 0 Å². The summed E-state index contributed by atoms with van der Waals surface area (Å²) >= 11 is 0. The molecule has 1 aliphatic heterocycles. The summed E-state index contributed by atoms with van der Waals surface area (Å²) in [7, 11) is 1.60. The van der Waals surface area contributed by atoms with E-state index in [9.17, 15) is 8.78 Å². The SMILES string of the molecule is CN=C(NCc1nccn1C(F)F)Nc1ccc2c(c1)OCCCO2. The number of aliphatic imine (C=N–C) groups is 1. The van der Waals surface area contributed by atoms with Crippen LogP contribution in [0.5, 0.6) is 11.5 Å². The van der Waals surface area contributed by atoms with E-state index in [0.717, 1.165) is 16.7 Å². The quantitative estimate of drug-likeness (QED) is 0.654. The number of hydrogen-bond acceptors (Lipinski definition) is 4. The lowest BCUT2D eigenvalue weighted by Gasteiger charge is -2.14. The van der Waals surface area contributed by atoms with Crippen molar-refractivity contribution in [3.8, 4) is 11.5 Å². The number of alkyl halides is 2. The van der Waals surface area contributed by atoms with Crippen molar-refractivity contribution in [3.63, 3.8) is 0 Å². The molecule has 0 unspecified atom stereocenters. The fourth-order valence-corrected chi connectivity index (χ4v) is 2.38. The van der Waals surface area contributed by atoms with Crippen LogP contribution in [-0.2, 0) is 6.54 Å².